The molecule has 98 valence electrons. The third-order valence-electron chi connectivity index (χ3n) is 3.23. The van der Waals surface area contributed by atoms with E-state index in [2.05, 4.69) is 21.2 Å². The van der Waals surface area contributed by atoms with Crippen LogP contribution in [0.15, 0.2) is 22.7 Å². The zero-order valence-corrected chi connectivity index (χ0v) is 11.8. The number of carbonyl (C=O) groups is 1. The number of carbonyl (C=O) groups excluding carboxylic acids is 1. The van der Waals surface area contributed by atoms with Gasteiger partial charge in [-0.3, -0.25) is 4.79 Å². The quantitative estimate of drug-likeness (QED) is 0.928. The van der Waals surface area contributed by atoms with Crippen molar-refractivity contribution in [3.8, 4) is 0 Å². The molecule has 0 spiro atoms. The van der Waals surface area contributed by atoms with Crippen LogP contribution in [0.5, 0.6) is 0 Å². The molecule has 1 saturated heterocycles. The van der Waals surface area contributed by atoms with Crippen LogP contribution in [0.4, 0.5) is 4.39 Å². The highest BCUT2D eigenvalue weighted by Gasteiger charge is 2.26. The molecule has 5 heteroatoms. The van der Waals surface area contributed by atoms with Crippen LogP contribution in [0.1, 0.15) is 16.8 Å². The van der Waals surface area contributed by atoms with Crippen molar-refractivity contribution in [1.29, 1.82) is 0 Å². The van der Waals surface area contributed by atoms with Crippen molar-refractivity contribution in [3.63, 3.8) is 0 Å². The Morgan fingerprint density at radius 2 is 2.39 bits per heavy atom. The van der Waals surface area contributed by atoms with Crippen molar-refractivity contribution in [2.24, 2.45) is 5.92 Å². The van der Waals surface area contributed by atoms with E-state index in [9.17, 15) is 9.18 Å². The van der Waals surface area contributed by atoms with Crippen LogP contribution in [-0.2, 0) is 0 Å². The Bertz CT molecular complexity index is 453. The molecule has 1 aromatic carbocycles. The molecule has 1 aliphatic heterocycles. The summed E-state index contributed by atoms with van der Waals surface area (Å²) in [6.07, 6.45) is 1.01. The largest absolute Gasteiger partial charge is 0.338 e. The van der Waals surface area contributed by atoms with E-state index in [1.54, 1.807) is 17.0 Å². The van der Waals surface area contributed by atoms with E-state index in [4.69, 9.17) is 0 Å². The van der Waals surface area contributed by atoms with E-state index < -0.39 is 5.82 Å². The number of rotatable bonds is 3. The first kappa shape index (κ1) is 13.5. The average Bonchev–Trinajstić information content (AvgIpc) is 2.81. The second-order valence-corrected chi connectivity index (χ2v) is 5.45. The third kappa shape index (κ3) is 2.90. The maximum atomic E-state index is 13.4. The smallest absolute Gasteiger partial charge is 0.253 e. The molecule has 1 heterocycles. The topological polar surface area (TPSA) is 32.3 Å². The molecule has 1 fully saturated rings. The van der Waals surface area contributed by atoms with Crippen LogP contribution < -0.4 is 5.32 Å². The first-order valence-electron chi connectivity index (χ1n) is 6.00. The van der Waals surface area contributed by atoms with Gasteiger partial charge >= 0.3 is 0 Å². The van der Waals surface area contributed by atoms with E-state index in [-0.39, 0.29) is 5.91 Å². The van der Waals surface area contributed by atoms with Gasteiger partial charge in [-0.15, -0.1) is 0 Å². The van der Waals surface area contributed by atoms with Gasteiger partial charge in [-0.2, -0.15) is 0 Å². The SMILES string of the molecule is CNC[C@@H]1CCN(C(=O)c2ccc(Br)c(F)c2)C1. The minimum Gasteiger partial charge on any atom is -0.338 e. The van der Waals surface area contributed by atoms with Gasteiger partial charge in [0.1, 0.15) is 5.82 Å². The van der Waals surface area contributed by atoms with E-state index >= 15 is 0 Å². The molecule has 3 nitrogen and oxygen atoms in total. The summed E-state index contributed by atoms with van der Waals surface area (Å²) in [5, 5.41) is 3.12. The van der Waals surface area contributed by atoms with Gasteiger partial charge in [-0.05, 0) is 60.1 Å². The zero-order valence-electron chi connectivity index (χ0n) is 10.2. The lowest BCUT2D eigenvalue weighted by Crippen LogP contribution is -2.30. The van der Waals surface area contributed by atoms with Crippen LogP contribution in [0.3, 0.4) is 0 Å². The predicted octanol–water partition coefficient (Wildman–Crippen LogP) is 2.27. The summed E-state index contributed by atoms with van der Waals surface area (Å²) in [6.45, 7) is 2.42. The van der Waals surface area contributed by atoms with Gasteiger partial charge in [0.25, 0.3) is 5.91 Å². The van der Waals surface area contributed by atoms with Crippen molar-refractivity contribution >= 4 is 21.8 Å². The Morgan fingerprint density at radius 1 is 1.61 bits per heavy atom. The summed E-state index contributed by atoms with van der Waals surface area (Å²) in [5.41, 5.74) is 0.417. The molecule has 0 saturated carbocycles. The van der Waals surface area contributed by atoms with Gasteiger partial charge in [0.05, 0.1) is 4.47 Å². The molecule has 1 aliphatic rings. The summed E-state index contributed by atoms with van der Waals surface area (Å²) in [5.74, 6) is 0.0195. The van der Waals surface area contributed by atoms with Crippen LogP contribution in [0.25, 0.3) is 0 Å². The van der Waals surface area contributed by atoms with Crippen LogP contribution in [0, 0.1) is 11.7 Å². The zero-order chi connectivity index (χ0) is 13.1. The number of amides is 1. The maximum Gasteiger partial charge on any atom is 0.253 e. The first-order valence-corrected chi connectivity index (χ1v) is 6.80. The highest BCUT2D eigenvalue weighted by molar-refractivity contribution is 9.10. The lowest BCUT2D eigenvalue weighted by Gasteiger charge is -2.16. The minimum absolute atomic E-state index is 0.0833. The van der Waals surface area contributed by atoms with Gasteiger partial charge in [0, 0.05) is 18.7 Å². The minimum atomic E-state index is -0.396. The third-order valence-corrected chi connectivity index (χ3v) is 3.88. The number of nitrogens with one attached hydrogen (secondary N) is 1. The summed E-state index contributed by atoms with van der Waals surface area (Å²) < 4.78 is 13.8. The Morgan fingerprint density at radius 3 is 3.06 bits per heavy atom. The number of likely N-dealkylation sites (tertiary alicyclic amines) is 1. The molecule has 18 heavy (non-hydrogen) atoms. The van der Waals surface area contributed by atoms with Crippen molar-refractivity contribution in [3.05, 3.63) is 34.1 Å². The van der Waals surface area contributed by atoms with Crippen LogP contribution in [0.2, 0.25) is 0 Å². The molecular weight excluding hydrogens is 299 g/mol. The molecule has 1 N–H and O–H groups in total. The molecule has 0 bridgehead atoms. The molecule has 0 radical (unpaired) electrons. The van der Waals surface area contributed by atoms with Gasteiger partial charge in [0.2, 0.25) is 0 Å². The Balaban J connectivity index is 2.05. The van der Waals surface area contributed by atoms with E-state index in [1.807, 2.05) is 7.05 Å². The average molecular weight is 315 g/mol. The lowest BCUT2D eigenvalue weighted by atomic mass is 10.1. The number of benzene rings is 1. The monoisotopic (exact) mass is 314 g/mol. The normalized spacial score (nSPS) is 19.3. The van der Waals surface area contributed by atoms with Gasteiger partial charge < -0.3 is 10.2 Å². The standard InChI is InChI=1S/C13H16BrFN2O/c1-16-7-9-4-5-17(8-9)13(18)10-2-3-11(14)12(15)6-10/h2-3,6,9,16H,4-5,7-8H2,1H3/t9-/m0/s1. The molecule has 1 amide bonds. The predicted molar refractivity (Wildman–Crippen MR) is 72.0 cm³/mol. The lowest BCUT2D eigenvalue weighted by molar-refractivity contribution is 0.0786. The van der Waals surface area contributed by atoms with Crippen molar-refractivity contribution in [1.82, 2.24) is 10.2 Å². The van der Waals surface area contributed by atoms with Gasteiger partial charge in [-0.25, -0.2) is 4.39 Å². The van der Waals surface area contributed by atoms with Crippen molar-refractivity contribution in [2.45, 2.75) is 6.42 Å². The highest BCUT2D eigenvalue weighted by Crippen LogP contribution is 2.21. The van der Waals surface area contributed by atoms with Gasteiger partial charge in [0.15, 0.2) is 0 Å². The molecule has 0 unspecified atom stereocenters. The maximum absolute atomic E-state index is 13.4. The second-order valence-electron chi connectivity index (χ2n) is 4.59. The number of hydrogen-bond donors (Lipinski definition) is 1. The Kier molecular flexibility index (Phi) is 4.35. The molecular formula is C13H16BrFN2O. The van der Waals surface area contributed by atoms with E-state index in [0.717, 1.165) is 26.1 Å². The fourth-order valence-electron chi connectivity index (χ4n) is 2.28. The van der Waals surface area contributed by atoms with Gasteiger partial charge in [-0.1, -0.05) is 0 Å². The molecule has 0 aliphatic carbocycles. The molecule has 1 atom stereocenters. The number of hydrogen-bond acceptors (Lipinski definition) is 2. The van der Waals surface area contributed by atoms with E-state index in [1.165, 1.54) is 6.07 Å². The summed E-state index contributed by atoms with van der Waals surface area (Å²) in [6, 6.07) is 4.52. The number of nitrogens with zero attached hydrogens (tertiary/aromatic N) is 1. The van der Waals surface area contributed by atoms with E-state index in [0.29, 0.717) is 16.0 Å². The van der Waals surface area contributed by atoms with Crippen LogP contribution >= 0.6 is 15.9 Å². The summed E-state index contributed by atoms with van der Waals surface area (Å²) in [7, 11) is 1.91. The Hall–Kier alpha value is -0.940. The van der Waals surface area contributed by atoms with Crippen molar-refractivity contribution < 1.29 is 9.18 Å². The van der Waals surface area contributed by atoms with Crippen LogP contribution in [-0.4, -0.2) is 37.5 Å². The van der Waals surface area contributed by atoms with Crippen molar-refractivity contribution in [2.75, 3.05) is 26.7 Å². The highest BCUT2D eigenvalue weighted by atomic mass is 79.9. The molecule has 1 aromatic rings. The number of halogens is 2. The fourth-order valence-corrected chi connectivity index (χ4v) is 2.53. The molecule has 2 rings (SSSR count). The summed E-state index contributed by atoms with van der Waals surface area (Å²) in [4.78, 5) is 14.0. The summed E-state index contributed by atoms with van der Waals surface area (Å²) >= 11 is 3.08. The first-order chi connectivity index (χ1) is 8.61. The Labute approximate surface area is 114 Å². The fraction of sp³-hybridized carbons (Fsp3) is 0.462. The molecule has 0 aromatic heterocycles. The second kappa shape index (κ2) is 5.80.